The lowest BCUT2D eigenvalue weighted by Gasteiger charge is -2.30. The summed E-state index contributed by atoms with van der Waals surface area (Å²) in [7, 11) is 0. The van der Waals surface area contributed by atoms with Gasteiger partial charge < -0.3 is 63.4 Å². The zero-order valence-electron chi connectivity index (χ0n) is 32.9. The van der Waals surface area contributed by atoms with E-state index in [0.29, 0.717) is 31.5 Å². The summed E-state index contributed by atoms with van der Waals surface area (Å²) in [5.74, 6) is -2.87. The zero-order chi connectivity index (χ0) is 42.1. The van der Waals surface area contributed by atoms with Crippen LogP contribution in [0.5, 0.6) is 0 Å². The number of carbonyl (C=O) groups excluding carboxylic acids is 5. The van der Waals surface area contributed by atoms with E-state index in [4.69, 9.17) is 17.2 Å². The molecule has 7 unspecified atom stereocenters. The van der Waals surface area contributed by atoms with Gasteiger partial charge in [0.25, 0.3) is 0 Å². The second-order valence-electron chi connectivity index (χ2n) is 15.1. The van der Waals surface area contributed by atoms with Crippen LogP contribution in [0.15, 0.2) is 73.4 Å². The number of nitrogens with one attached hydrogen (secondary N) is 7. The second-order valence-corrected chi connectivity index (χ2v) is 15.1. The summed E-state index contributed by atoms with van der Waals surface area (Å²) in [5, 5.41) is 23.1. The Kier molecular flexibility index (Phi) is 14.1. The minimum Gasteiger partial charge on any atom is -0.377 e. The van der Waals surface area contributed by atoms with Crippen LogP contribution in [0.3, 0.4) is 0 Å². The molecule has 14 N–H and O–H groups in total. The molecular formula is C41H54N12O6. The van der Waals surface area contributed by atoms with E-state index < -0.39 is 66.1 Å². The maximum absolute atomic E-state index is 14.0. The van der Waals surface area contributed by atoms with E-state index in [-0.39, 0.29) is 38.1 Å². The Morgan fingerprint density at radius 2 is 1.44 bits per heavy atom. The molecule has 4 heterocycles. The average molecular weight is 811 g/mol. The Morgan fingerprint density at radius 3 is 2.03 bits per heavy atom. The highest BCUT2D eigenvalue weighted by Crippen LogP contribution is 2.23. The van der Waals surface area contributed by atoms with Crippen LogP contribution in [0.2, 0.25) is 0 Å². The summed E-state index contributed by atoms with van der Waals surface area (Å²) < 4.78 is 0. The van der Waals surface area contributed by atoms with Crippen molar-refractivity contribution in [1.29, 1.82) is 0 Å². The number of aliphatic hydroxyl groups excluding tert-OH is 1. The topological polar surface area (TPSA) is 295 Å². The second kappa shape index (κ2) is 19.6. The number of imidazole rings is 1. The molecule has 7 atom stereocenters. The highest BCUT2D eigenvalue weighted by atomic mass is 16.3. The number of aromatic amines is 3. The summed E-state index contributed by atoms with van der Waals surface area (Å²) in [6.07, 6.45) is 7.69. The molecule has 1 aliphatic heterocycles. The number of carbonyl (C=O) groups is 5. The zero-order valence-corrected chi connectivity index (χ0v) is 32.9. The monoisotopic (exact) mass is 810 g/mol. The van der Waals surface area contributed by atoms with Crippen molar-refractivity contribution in [2.75, 3.05) is 13.1 Å². The average Bonchev–Trinajstić information content (AvgIpc) is 4.04. The predicted octanol–water partition coefficient (Wildman–Crippen LogP) is -0.306. The highest BCUT2D eigenvalue weighted by molar-refractivity contribution is 5.97. The van der Waals surface area contributed by atoms with E-state index in [1.807, 2.05) is 48.5 Å². The maximum Gasteiger partial charge on any atom is 0.245 e. The van der Waals surface area contributed by atoms with Crippen LogP contribution in [0.4, 0.5) is 0 Å². The van der Waals surface area contributed by atoms with E-state index >= 15 is 0 Å². The molecule has 18 heteroatoms. The van der Waals surface area contributed by atoms with E-state index in [9.17, 15) is 29.1 Å². The van der Waals surface area contributed by atoms with Gasteiger partial charge in [0.05, 0.1) is 18.4 Å². The lowest BCUT2D eigenvalue weighted by Crippen LogP contribution is -2.58. The van der Waals surface area contributed by atoms with Crippen molar-refractivity contribution >= 4 is 51.3 Å². The fourth-order valence-electron chi connectivity index (χ4n) is 7.59. The molecule has 2 aromatic carbocycles. The molecule has 0 spiro atoms. The van der Waals surface area contributed by atoms with Crippen molar-refractivity contribution in [2.45, 2.75) is 94.3 Å². The number of para-hydroxylation sites is 2. The van der Waals surface area contributed by atoms with Crippen LogP contribution >= 0.6 is 0 Å². The first-order chi connectivity index (χ1) is 28.4. The third-order valence-corrected chi connectivity index (χ3v) is 10.9. The molecule has 1 aliphatic rings. The van der Waals surface area contributed by atoms with E-state index in [2.05, 4.69) is 41.2 Å². The number of aliphatic hydroxyl groups is 1. The molecular weight excluding hydrogens is 757 g/mol. The summed E-state index contributed by atoms with van der Waals surface area (Å²) >= 11 is 0. The Bertz CT molecular complexity index is 2220. The van der Waals surface area contributed by atoms with Crippen molar-refractivity contribution in [2.24, 2.45) is 17.2 Å². The van der Waals surface area contributed by atoms with Gasteiger partial charge in [0.1, 0.15) is 30.4 Å². The quantitative estimate of drug-likeness (QED) is 0.0360. The van der Waals surface area contributed by atoms with Crippen molar-refractivity contribution in [3.63, 3.8) is 0 Å². The number of fused-ring (bicyclic) bond motifs is 2. The molecule has 1 saturated heterocycles. The van der Waals surface area contributed by atoms with E-state index in [1.54, 1.807) is 18.6 Å². The number of rotatable bonds is 20. The van der Waals surface area contributed by atoms with Gasteiger partial charge in [-0.05, 0) is 62.4 Å². The number of nitrogens with two attached hydrogens (primary N) is 3. The van der Waals surface area contributed by atoms with Crippen LogP contribution in [-0.2, 0) is 43.2 Å². The van der Waals surface area contributed by atoms with Gasteiger partial charge in [-0.1, -0.05) is 36.4 Å². The standard InChI is InChI=1S/C41H54N12O6/c1-23(49-39(57)33(16-24-19-46-30-10-4-2-8-27(24)30)52-38(56)29(43)18-26-21-45-22-48-26)37(55)51-34(17-25-20-47-31-11-5-3-9-28(25)31)40(58)50-32-13-15-53(41(32)59)35(36(44)54)12-6-7-14-42/h2-5,8-11,19-23,29,32-36,46-47,54H,6-7,12-18,42-44H2,1H3,(H,45,48)(H,49,57)(H,50,58)(H,51,55)(H,52,56). The van der Waals surface area contributed by atoms with Crippen LogP contribution in [-0.4, -0.2) is 115 Å². The number of likely N-dealkylation sites (tertiary alicyclic amines) is 1. The highest BCUT2D eigenvalue weighted by Gasteiger charge is 2.40. The van der Waals surface area contributed by atoms with Crippen molar-refractivity contribution < 1.29 is 29.1 Å². The van der Waals surface area contributed by atoms with Crippen molar-refractivity contribution in [3.05, 3.63) is 90.3 Å². The molecule has 314 valence electrons. The number of hydrogen-bond donors (Lipinski definition) is 11. The number of hydrogen-bond acceptors (Lipinski definition) is 10. The van der Waals surface area contributed by atoms with Crippen LogP contribution in [0.1, 0.15) is 49.4 Å². The first-order valence-electron chi connectivity index (χ1n) is 19.9. The van der Waals surface area contributed by atoms with Gasteiger partial charge in [0.15, 0.2) is 0 Å². The Hall–Kier alpha value is -6.08. The maximum atomic E-state index is 14.0. The Morgan fingerprint density at radius 1 is 0.831 bits per heavy atom. The van der Waals surface area contributed by atoms with Gasteiger partial charge in [-0.2, -0.15) is 0 Å². The Balaban J connectivity index is 1.17. The van der Waals surface area contributed by atoms with Gasteiger partial charge in [0, 0.05) is 71.9 Å². The largest absolute Gasteiger partial charge is 0.377 e. The molecule has 0 radical (unpaired) electrons. The minimum absolute atomic E-state index is 0.0591. The molecule has 5 amide bonds. The fraction of sp³-hybridized carbons (Fsp3) is 0.415. The molecule has 0 bridgehead atoms. The van der Waals surface area contributed by atoms with Gasteiger partial charge in [-0.3, -0.25) is 24.0 Å². The smallest absolute Gasteiger partial charge is 0.245 e. The number of amides is 5. The van der Waals surface area contributed by atoms with E-state index in [0.717, 1.165) is 32.9 Å². The lowest BCUT2D eigenvalue weighted by atomic mass is 10.0. The predicted molar refractivity (Wildman–Crippen MR) is 221 cm³/mol. The third-order valence-electron chi connectivity index (χ3n) is 10.9. The van der Waals surface area contributed by atoms with Gasteiger partial charge in [0.2, 0.25) is 29.5 Å². The van der Waals surface area contributed by atoms with Gasteiger partial charge in [-0.15, -0.1) is 0 Å². The number of benzene rings is 2. The van der Waals surface area contributed by atoms with E-state index in [1.165, 1.54) is 18.2 Å². The molecule has 3 aromatic heterocycles. The number of unbranched alkanes of at least 4 members (excludes halogenated alkanes) is 1. The number of nitrogens with zero attached hydrogens (tertiary/aromatic N) is 2. The first kappa shape index (κ1) is 42.5. The summed E-state index contributed by atoms with van der Waals surface area (Å²) in [4.78, 5) is 83.6. The summed E-state index contributed by atoms with van der Waals surface area (Å²) in [6.45, 7) is 2.22. The molecule has 0 saturated carbocycles. The SMILES string of the molecule is CC(NC(=O)C(Cc1c[nH]c2ccccc12)NC(=O)C(N)Cc1cnc[nH]1)C(=O)NC(Cc1c[nH]c2ccccc12)C(=O)NC1CCN(C(CCCCN)C(N)O)C1=O. The molecule has 0 aliphatic carbocycles. The number of H-pyrrole nitrogens is 3. The fourth-order valence-corrected chi connectivity index (χ4v) is 7.59. The summed E-state index contributed by atoms with van der Waals surface area (Å²) in [5.41, 5.74) is 21.6. The Labute approximate surface area is 340 Å². The van der Waals surface area contributed by atoms with Crippen molar-refractivity contribution in [1.82, 2.24) is 46.1 Å². The molecule has 1 fully saturated rings. The van der Waals surface area contributed by atoms with Crippen LogP contribution < -0.4 is 38.5 Å². The van der Waals surface area contributed by atoms with Crippen molar-refractivity contribution in [3.8, 4) is 0 Å². The van der Waals surface area contributed by atoms with Crippen LogP contribution in [0.25, 0.3) is 21.8 Å². The molecule has 59 heavy (non-hydrogen) atoms. The molecule has 6 rings (SSSR count). The van der Waals surface area contributed by atoms with Gasteiger partial charge >= 0.3 is 0 Å². The third kappa shape index (κ3) is 10.5. The van der Waals surface area contributed by atoms with Crippen LogP contribution in [0, 0.1) is 0 Å². The number of aromatic nitrogens is 4. The first-order valence-corrected chi connectivity index (χ1v) is 19.9. The molecule has 18 nitrogen and oxygen atoms in total. The minimum atomic E-state index is -1.27. The van der Waals surface area contributed by atoms with Gasteiger partial charge in [-0.25, -0.2) is 4.98 Å². The normalized spacial score (nSPS) is 17.3. The molecule has 5 aromatic rings. The summed E-state index contributed by atoms with van der Waals surface area (Å²) in [6, 6.07) is 9.06. The lowest BCUT2D eigenvalue weighted by molar-refractivity contribution is -0.137.